The van der Waals surface area contributed by atoms with E-state index >= 15 is 0 Å². The first-order valence-electron chi connectivity index (χ1n) is 11.6. The van der Waals surface area contributed by atoms with E-state index in [0.717, 1.165) is 44.3 Å². The minimum atomic E-state index is -0.428. The number of para-hydroxylation sites is 1. The van der Waals surface area contributed by atoms with Gasteiger partial charge in [-0.15, -0.1) is 0 Å². The highest BCUT2D eigenvalue weighted by Gasteiger charge is 2.60. The molecule has 4 aliphatic carbocycles. The van der Waals surface area contributed by atoms with Crippen LogP contribution >= 0.6 is 0 Å². The molecule has 1 heterocycles. The number of hydrogen-bond acceptors (Lipinski definition) is 3. The molecule has 0 radical (unpaired) electrons. The van der Waals surface area contributed by atoms with Crippen molar-refractivity contribution in [1.29, 1.82) is 0 Å². The Hall–Kier alpha value is -2.30. The van der Waals surface area contributed by atoms with E-state index in [1.807, 2.05) is 24.3 Å². The molecular formula is C25H33N3O2. The molecule has 5 nitrogen and oxygen atoms in total. The zero-order valence-electron chi connectivity index (χ0n) is 17.9. The van der Waals surface area contributed by atoms with Gasteiger partial charge in [-0.2, -0.15) is 0 Å². The Balaban J connectivity index is 1.27. The molecule has 3 saturated carbocycles. The molecule has 3 N–H and O–H groups in total. The zero-order chi connectivity index (χ0) is 20.8. The molecule has 0 aromatic heterocycles. The summed E-state index contributed by atoms with van der Waals surface area (Å²) in [7, 11) is 0. The first kappa shape index (κ1) is 19.7. The molecule has 3 fully saturated rings. The average molecular weight is 408 g/mol. The average Bonchev–Trinajstić information content (AvgIpc) is 2.74. The molecule has 2 amide bonds. The number of nitrogens with one attached hydrogen (secondary N) is 3. The summed E-state index contributed by atoms with van der Waals surface area (Å²) < 4.78 is 0. The number of rotatable bonds is 4. The van der Waals surface area contributed by atoms with Gasteiger partial charge in [-0.05, 0) is 75.3 Å². The SMILES string of the molecule is C[C@@]12CC[C@H](C[C@@H]1C(=O)NCCC1=CCCCC1)[C@]1(C2)NC(=O)c2ccccc2N1. The Morgan fingerprint density at radius 2 is 2.10 bits per heavy atom. The van der Waals surface area contributed by atoms with Crippen molar-refractivity contribution < 1.29 is 9.59 Å². The van der Waals surface area contributed by atoms with E-state index < -0.39 is 5.66 Å². The fourth-order valence-corrected chi connectivity index (χ4v) is 6.45. The van der Waals surface area contributed by atoms with E-state index in [1.54, 1.807) is 0 Å². The highest BCUT2D eigenvalue weighted by Crippen LogP contribution is 2.58. The van der Waals surface area contributed by atoms with E-state index in [4.69, 9.17) is 0 Å². The number of carbonyl (C=O) groups is 2. The summed E-state index contributed by atoms with van der Waals surface area (Å²) in [6.07, 6.45) is 12.0. The fraction of sp³-hybridized carbons (Fsp3) is 0.600. The summed E-state index contributed by atoms with van der Waals surface area (Å²) in [6.45, 7) is 2.99. The number of fused-ring (bicyclic) bond motifs is 3. The third-order valence-corrected chi connectivity index (χ3v) is 8.12. The topological polar surface area (TPSA) is 70.2 Å². The van der Waals surface area contributed by atoms with Gasteiger partial charge in [-0.3, -0.25) is 9.59 Å². The van der Waals surface area contributed by atoms with E-state index in [0.29, 0.717) is 5.56 Å². The van der Waals surface area contributed by atoms with Crippen LogP contribution in [0, 0.1) is 17.3 Å². The van der Waals surface area contributed by atoms with Crippen LogP contribution in [0.25, 0.3) is 0 Å². The van der Waals surface area contributed by atoms with Crippen LogP contribution < -0.4 is 16.0 Å². The molecule has 5 heteroatoms. The summed E-state index contributed by atoms with van der Waals surface area (Å²) >= 11 is 0. The number of anilines is 1. The number of benzene rings is 1. The van der Waals surface area contributed by atoms with Crippen molar-refractivity contribution in [2.24, 2.45) is 17.3 Å². The molecular weight excluding hydrogens is 374 g/mol. The Bertz CT molecular complexity index is 894. The first-order chi connectivity index (χ1) is 14.5. The van der Waals surface area contributed by atoms with Crippen LogP contribution in [0.2, 0.25) is 0 Å². The summed E-state index contributed by atoms with van der Waals surface area (Å²) in [5.41, 5.74) is 2.60. The summed E-state index contributed by atoms with van der Waals surface area (Å²) in [4.78, 5) is 25.9. The van der Waals surface area contributed by atoms with Crippen molar-refractivity contribution in [3.63, 3.8) is 0 Å². The molecule has 6 rings (SSSR count). The maximum Gasteiger partial charge on any atom is 0.255 e. The lowest BCUT2D eigenvalue weighted by molar-refractivity contribution is -0.139. The number of amides is 2. The van der Waals surface area contributed by atoms with Gasteiger partial charge in [-0.1, -0.05) is 30.7 Å². The van der Waals surface area contributed by atoms with Crippen molar-refractivity contribution in [1.82, 2.24) is 10.6 Å². The third-order valence-electron chi connectivity index (χ3n) is 8.12. The van der Waals surface area contributed by atoms with Crippen molar-refractivity contribution >= 4 is 17.5 Å². The van der Waals surface area contributed by atoms with Gasteiger partial charge in [0.15, 0.2) is 0 Å². The van der Waals surface area contributed by atoms with Crippen molar-refractivity contribution in [2.45, 2.75) is 70.4 Å². The molecule has 2 bridgehead atoms. The molecule has 0 saturated heterocycles. The highest BCUT2D eigenvalue weighted by molar-refractivity contribution is 6.02. The van der Waals surface area contributed by atoms with Gasteiger partial charge >= 0.3 is 0 Å². The Kier molecular flexibility index (Phi) is 4.87. The van der Waals surface area contributed by atoms with Crippen LogP contribution in [0.15, 0.2) is 35.9 Å². The Morgan fingerprint density at radius 3 is 2.90 bits per heavy atom. The standard InChI is InChI=1S/C25H33N3O2/c1-24-13-11-18(15-20(24)23(30)26-14-12-17-7-3-2-4-8-17)25(16-24)27-21-10-6-5-9-19(21)22(29)28-25/h5-7,9-10,18,20,27H,2-4,8,11-16H2,1H3,(H,26,30)(H,28,29)/t18-,20-,24+,25+/m1/s1. The van der Waals surface area contributed by atoms with Gasteiger partial charge in [0.1, 0.15) is 5.66 Å². The lowest BCUT2D eigenvalue weighted by atomic mass is 9.51. The van der Waals surface area contributed by atoms with E-state index in [2.05, 4.69) is 29.0 Å². The Morgan fingerprint density at radius 1 is 1.23 bits per heavy atom. The first-order valence-corrected chi connectivity index (χ1v) is 11.6. The monoisotopic (exact) mass is 407 g/mol. The van der Waals surface area contributed by atoms with Gasteiger partial charge in [0.25, 0.3) is 5.91 Å². The second-order valence-corrected chi connectivity index (χ2v) is 10.1. The molecule has 5 aliphatic rings. The van der Waals surface area contributed by atoms with Gasteiger partial charge in [0.2, 0.25) is 5.91 Å². The maximum atomic E-state index is 13.1. The lowest BCUT2D eigenvalue weighted by Gasteiger charge is -2.60. The molecule has 160 valence electrons. The predicted octanol–water partition coefficient (Wildman–Crippen LogP) is 4.37. The quantitative estimate of drug-likeness (QED) is 0.649. The van der Waals surface area contributed by atoms with Gasteiger partial charge in [0.05, 0.1) is 5.56 Å². The van der Waals surface area contributed by atoms with Crippen molar-refractivity contribution in [2.75, 3.05) is 11.9 Å². The van der Waals surface area contributed by atoms with Crippen molar-refractivity contribution in [3.05, 3.63) is 41.5 Å². The highest BCUT2D eigenvalue weighted by atomic mass is 16.2. The zero-order valence-corrected chi connectivity index (χ0v) is 17.9. The summed E-state index contributed by atoms with van der Waals surface area (Å²) in [5, 5.41) is 10.2. The normalized spacial score (nSPS) is 34.6. The predicted molar refractivity (Wildman–Crippen MR) is 118 cm³/mol. The van der Waals surface area contributed by atoms with Crippen molar-refractivity contribution in [3.8, 4) is 0 Å². The molecule has 4 atom stereocenters. The minimum absolute atomic E-state index is 0.00209. The van der Waals surface area contributed by atoms with Crippen LogP contribution in [0.1, 0.15) is 75.1 Å². The minimum Gasteiger partial charge on any atom is -0.362 e. The molecule has 0 unspecified atom stereocenters. The van der Waals surface area contributed by atoms with Gasteiger partial charge in [-0.25, -0.2) is 0 Å². The lowest BCUT2D eigenvalue weighted by Crippen LogP contribution is -2.70. The van der Waals surface area contributed by atoms with E-state index in [9.17, 15) is 9.59 Å². The van der Waals surface area contributed by atoms with E-state index in [1.165, 1.54) is 31.3 Å². The molecule has 30 heavy (non-hydrogen) atoms. The summed E-state index contributed by atoms with van der Waals surface area (Å²) in [6, 6.07) is 7.73. The number of carbonyl (C=O) groups excluding carboxylic acids is 2. The van der Waals surface area contributed by atoms with Gasteiger partial charge in [0, 0.05) is 24.1 Å². The smallest absolute Gasteiger partial charge is 0.255 e. The molecule has 1 spiro atoms. The molecule has 1 aromatic carbocycles. The fourth-order valence-electron chi connectivity index (χ4n) is 6.45. The van der Waals surface area contributed by atoms with Gasteiger partial charge < -0.3 is 16.0 Å². The molecule has 1 aliphatic heterocycles. The van der Waals surface area contributed by atoms with Crippen LogP contribution in [-0.2, 0) is 4.79 Å². The van der Waals surface area contributed by atoms with Crippen LogP contribution in [0.4, 0.5) is 5.69 Å². The van der Waals surface area contributed by atoms with Crippen LogP contribution in [-0.4, -0.2) is 24.0 Å². The van der Waals surface area contributed by atoms with Crippen LogP contribution in [0.5, 0.6) is 0 Å². The largest absolute Gasteiger partial charge is 0.362 e. The number of hydrogen-bond donors (Lipinski definition) is 3. The van der Waals surface area contributed by atoms with Crippen LogP contribution in [0.3, 0.4) is 0 Å². The number of allylic oxidation sites excluding steroid dienone is 1. The third kappa shape index (κ3) is 3.32. The molecule has 1 aromatic rings. The second kappa shape index (κ2) is 7.44. The maximum absolute atomic E-state index is 13.1. The second-order valence-electron chi connectivity index (χ2n) is 10.1. The summed E-state index contributed by atoms with van der Waals surface area (Å²) in [5.74, 6) is 0.504. The van der Waals surface area contributed by atoms with E-state index in [-0.39, 0.29) is 29.1 Å². The Labute approximate surface area is 179 Å².